The highest BCUT2D eigenvalue weighted by molar-refractivity contribution is 7.61. The van der Waals surface area contributed by atoms with Gasteiger partial charge in [-0.25, -0.2) is 0 Å². The van der Waals surface area contributed by atoms with E-state index in [1.54, 1.807) is 24.3 Å². The van der Waals surface area contributed by atoms with E-state index in [4.69, 9.17) is 4.52 Å². The van der Waals surface area contributed by atoms with E-state index in [0.29, 0.717) is 11.9 Å². The van der Waals surface area contributed by atoms with Gasteiger partial charge in [-0.1, -0.05) is 89.3 Å². The van der Waals surface area contributed by atoms with Crippen LogP contribution in [0.15, 0.2) is 30.3 Å². The molecule has 1 atom stereocenters. The van der Waals surface area contributed by atoms with Crippen LogP contribution in [0.3, 0.4) is 0 Å². The van der Waals surface area contributed by atoms with Gasteiger partial charge in [0.1, 0.15) is 0 Å². The molecule has 4 heteroatoms. The molecule has 0 saturated heterocycles. The lowest BCUT2D eigenvalue weighted by atomic mass is 10.1. The Morgan fingerprint density at radius 3 is 1.83 bits per heavy atom. The minimum Gasteiger partial charge on any atom is -0.321 e. The molecule has 0 aliphatic carbocycles. The lowest BCUT2D eigenvalue weighted by Crippen LogP contribution is -2.07. The summed E-state index contributed by atoms with van der Waals surface area (Å²) in [6.07, 6.45) is 13.9. The van der Waals surface area contributed by atoms with Crippen LogP contribution in [0.5, 0.6) is 0 Å². The molecule has 0 spiro atoms. The first-order valence-corrected chi connectivity index (χ1v) is 10.8. The van der Waals surface area contributed by atoms with Gasteiger partial charge in [0.15, 0.2) is 0 Å². The molecule has 1 rings (SSSR count). The fourth-order valence-electron chi connectivity index (χ4n) is 2.65. The molecule has 0 saturated carbocycles. The zero-order valence-electron chi connectivity index (χ0n) is 14.6. The summed E-state index contributed by atoms with van der Waals surface area (Å²) in [6.45, 7) is 2.61. The second-order valence-electron chi connectivity index (χ2n) is 6.22. The molecule has 0 amide bonds. The lowest BCUT2D eigenvalue weighted by molar-refractivity contribution is 0.261. The van der Waals surface area contributed by atoms with Crippen molar-refractivity contribution in [2.24, 2.45) is 0 Å². The van der Waals surface area contributed by atoms with Crippen LogP contribution in [0.1, 0.15) is 77.6 Å². The molecule has 0 bridgehead atoms. The lowest BCUT2D eigenvalue weighted by Gasteiger charge is -2.12. The van der Waals surface area contributed by atoms with Gasteiger partial charge >= 0.3 is 7.60 Å². The predicted octanol–water partition coefficient (Wildman–Crippen LogP) is 5.82. The molecule has 0 aromatic heterocycles. The molecule has 1 aromatic rings. The van der Waals surface area contributed by atoms with Crippen LogP contribution < -0.4 is 5.30 Å². The maximum Gasteiger partial charge on any atom is 0.358 e. The Hall–Kier alpha value is -0.630. The summed E-state index contributed by atoms with van der Waals surface area (Å²) in [4.78, 5) is 9.88. The molecule has 0 aliphatic rings. The molecule has 0 aliphatic heterocycles. The largest absolute Gasteiger partial charge is 0.358 e. The van der Waals surface area contributed by atoms with Gasteiger partial charge in [-0.2, -0.15) is 0 Å². The molecule has 3 nitrogen and oxygen atoms in total. The van der Waals surface area contributed by atoms with Gasteiger partial charge in [0.2, 0.25) is 0 Å². The van der Waals surface area contributed by atoms with Gasteiger partial charge in [0.05, 0.1) is 11.9 Å². The Balaban J connectivity index is 1.94. The number of hydrogen-bond donors (Lipinski definition) is 1. The second kappa shape index (κ2) is 12.8. The van der Waals surface area contributed by atoms with Crippen molar-refractivity contribution in [2.75, 3.05) is 6.61 Å². The number of benzene rings is 1. The van der Waals surface area contributed by atoms with E-state index in [1.165, 1.54) is 57.8 Å². The SMILES string of the molecule is CCCCCCCCCCCCCOP(=O)(O)c1ccccc1. The first-order chi connectivity index (χ1) is 11.2. The summed E-state index contributed by atoms with van der Waals surface area (Å²) >= 11 is 0. The highest BCUT2D eigenvalue weighted by atomic mass is 31.2. The van der Waals surface area contributed by atoms with E-state index in [9.17, 15) is 9.46 Å². The summed E-state index contributed by atoms with van der Waals surface area (Å²) in [5.74, 6) is 0. The first kappa shape index (κ1) is 20.4. The third kappa shape index (κ3) is 9.96. The fourth-order valence-corrected chi connectivity index (χ4v) is 3.72. The van der Waals surface area contributed by atoms with Gasteiger partial charge in [-0.3, -0.25) is 4.57 Å². The summed E-state index contributed by atoms with van der Waals surface area (Å²) in [6, 6.07) is 8.61. The molecule has 132 valence electrons. The van der Waals surface area contributed by atoms with E-state index in [-0.39, 0.29) is 0 Å². The molecular formula is C19H33O3P. The van der Waals surface area contributed by atoms with Crippen LogP contribution >= 0.6 is 7.60 Å². The van der Waals surface area contributed by atoms with Gasteiger partial charge in [0, 0.05) is 0 Å². The van der Waals surface area contributed by atoms with E-state index in [0.717, 1.165) is 12.8 Å². The third-order valence-electron chi connectivity index (χ3n) is 4.10. The molecule has 0 heterocycles. The smallest absolute Gasteiger partial charge is 0.321 e. The Morgan fingerprint density at radius 2 is 1.30 bits per heavy atom. The second-order valence-corrected chi connectivity index (χ2v) is 8.04. The third-order valence-corrected chi connectivity index (χ3v) is 5.58. The standard InChI is InChI=1S/C19H33O3P/c1-2-3-4-5-6-7-8-9-10-11-15-18-22-23(20,21)19-16-13-12-14-17-19/h12-14,16-17H,2-11,15,18H2,1H3,(H,20,21). The number of rotatable bonds is 14. The zero-order chi connectivity index (χ0) is 16.8. The highest BCUT2D eigenvalue weighted by Crippen LogP contribution is 2.40. The number of hydrogen-bond acceptors (Lipinski definition) is 2. The van der Waals surface area contributed by atoms with Crippen LogP contribution in [0.2, 0.25) is 0 Å². The molecule has 1 aromatic carbocycles. The van der Waals surface area contributed by atoms with Crippen molar-refractivity contribution in [3.8, 4) is 0 Å². The van der Waals surface area contributed by atoms with Gasteiger partial charge in [0.25, 0.3) is 0 Å². The normalized spacial score (nSPS) is 13.8. The van der Waals surface area contributed by atoms with E-state index in [2.05, 4.69) is 6.92 Å². The van der Waals surface area contributed by atoms with Crippen molar-refractivity contribution in [3.05, 3.63) is 30.3 Å². The zero-order valence-corrected chi connectivity index (χ0v) is 15.5. The molecular weight excluding hydrogens is 307 g/mol. The Labute approximate surface area is 142 Å². The Morgan fingerprint density at radius 1 is 0.826 bits per heavy atom. The quantitative estimate of drug-likeness (QED) is 0.342. The molecule has 0 fully saturated rings. The van der Waals surface area contributed by atoms with Gasteiger partial charge in [-0.05, 0) is 18.6 Å². The van der Waals surface area contributed by atoms with Crippen molar-refractivity contribution >= 4 is 12.9 Å². The topological polar surface area (TPSA) is 46.5 Å². The maximum atomic E-state index is 12.0. The van der Waals surface area contributed by atoms with Crippen LogP contribution in [-0.4, -0.2) is 11.5 Å². The minimum absolute atomic E-state index is 0.361. The highest BCUT2D eigenvalue weighted by Gasteiger charge is 2.21. The number of unbranched alkanes of at least 4 members (excludes halogenated alkanes) is 10. The van der Waals surface area contributed by atoms with Crippen LogP contribution in [0, 0.1) is 0 Å². The van der Waals surface area contributed by atoms with Crippen molar-refractivity contribution in [2.45, 2.75) is 77.6 Å². The molecule has 0 radical (unpaired) electrons. The molecule has 23 heavy (non-hydrogen) atoms. The predicted molar refractivity (Wildman–Crippen MR) is 98.3 cm³/mol. The van der Waals surface area contributed by atoms with E-state index in [1.807, 2.05) is 6.07 Å². The maximum absolute atomic E-state index is 12.0. The first-order valence-electron chi connectivity index (χ1n) is 9.20. The van der Waals surface area contributed by atoms with E-state index >= 15 is 0 Å². The van der Waals surface area contributed by atoms with Crippen molar-refractivity contribution in [1.82, 2.24) is 0 Å². The summed E-state index contributed by atoms with van der Waals surface area (Å²) in [5.41, 5.74) is 0. The van der Waals surface area contributed by atoms with Crippen LogP contribution in [-0.2, 0) is 9.09 Å². The van der Waals surface area contributed by atoms with Crippen molar-refractivity contribution in [1.29, 1.82) is 0 Å². The minimum atomic E-state index is -3.62. The van der Waals surface area contributed by atoms with Gasteiger partial charge in [-0.15, -0.1) is 0 Å². The van der Waals surface area contributed by atoms with Crippen LogP contribution in [0.4, 0.5) is 0 Å². The van der Waals surface area contributed by atoms with Gasteiger partial charge < -0.3 is 9.42 Å². The fraction of sp³-hybridized carbons (Fsp3) is 0.684. The average molecular weight is 340 g/mol. The average Bonchev–Trinajstić information content (AvgIpc) is 2.56. The monoisotopic (exact) mass is 340 g/mol. The summed E-state index contributed by atoms with van der Waals surface area (Å²) in [7, 11) is -3.62. The Kier molecular flexibility index (Phi) is 11.3. The van der Waals surface area contributed by atoms with Crippen LogP contribution in [0.25, 0.3) is 0 Å². The van der Waals surface area contributed by atoms with E-state index < -0.39 is 7.60 Å². The summed E-state index contributed by atoms with van der Waals surface area (Å²) < 4.78 is 17.2. The van der Waals surface area contributed by atoms with Crippen molar-refractivity contribution in [3.63, 3.8) is 0 Å². The molecule has 1 unspecified atom stereocenters. The van der Waals surface area contributed by atoms with Crippen molar-refractivity contribution < 1.29 is 14.0 Å². The Bertz CT molecular complexity index is 434. The molecule has 1 N–H and O–H groups in total. The summed E-state index contributed by atoms with van der Waals surface area (Å²) in [5, 5.41) is 0.378.